The first-order chi connectivity index (χ1) is 20.2. The highest BCUT2D eigenvalue weighted by Crippen LogP contribution is 2.37. The van der Waals surface area contributed by atoms with Crippen molar-refractivity contribution in [2.45, 2.75) is 90.1 Å². The van der Waals surface area contributed by atoms with Crippen LogP contribution in [0, 0.1) is 5.92 Å². The first-order valence-corrected chi connectivity index (χ1v) is 17.4. The molecule has 0 aromatic heterocycles. The van der Waals surface area contributed by atoms with Gasteiger partial charge in [-0.3, -0.25) is 0 Å². The van der Waals surface area contributed by atoms with Gasteiger partial charge in [-0.15, -0.1) is 6.58 Å². The quantitative estimate of drug-likeness (QED) is 0.0849. The zero-order valence-corrected chi connectivity index (χ0v) is 27.6. The minimum atomic E-state index is -2.54. The Kier molecular flexibility index (Phi) is 12.8. The smallest absolute Gasteiger partial charge is 0.261 e. The second-order valence-corrected chi connectivity index (χ2v) is 17.0. The van der Waals surface area contributed by atoms with E-state index >= 15 is 0 Å². The second-order valence-electron chi connectivity index (χ2n) is 12.7. The fourth-order valence-electron chi connectivity index (χ4n) is 6.01. The minimum absolute atomic E-state index is 0.0275. The lowest BCUT2D eigenvalue weighted by molar-refractivity contribution is -0.118. The molecule has 3 aromatic carbocycles. The Morgan fingerprint density at radius 2 is 1.33 bits per heavy atom. The van der Waals surface area contributed by atoms with E-state index in [1.54, 1.807) is 6.26 Å². The van der Waals surface area contributed by atoms with Gasteiger partial charge in [0.2, 0.25) is 0 Å². The van der Waals surface area contributed by atoms with Crippen LogP contribution in [0.25, 0.3) is 0 Å². The highest BCUT2D eigenvalue weighted by molar-refractivity contribution is 6.99. The van der Waals surface area contributed by atoms with Crippen LogP contribution in [-0.4, -0.2) is 26.6 Å². The van der Waals surface area contributed by atoms with Gasteiger partial charge >= 0.3 is 0 Å². The molecule has 0 bridgehead atoms. The Morgan fingerprint density at radius 3 is 1.83 bits per heavy atom. The number of allylic oxidation sites excluding steroid dienone is 1. The lowest BCUT2D eigenvalue weighted by atomic mass is 9.88. The topological polar surface area (TPSA) is 27.7 Å². The number of hydrogen-bond acceptors (Lipinski definition) is 3. The van der Waals surface area contributed by atoms with E-state index < -0.39 is 13.9 Å². The van der Waals surface area contributed by atoms with Crippen LogP contribution < -0.4 is 10.4 Å². The molecule has 0 heterocycles. The van der Waals surface area contributed by atoms with Crippen LogP contribution in [0.15, 0.2) is 116 Å². The molecule has 0 aliphatic rings. The zero-order valence-electron chi connectivity index (χ0n) is 26.6. The van der Waals surface area contributed by atoms with Crippen LogP contribution in [0.4, 0.5) is 0 Å². The van der Waals surface area contributed by atoms with Crippen molar-refractivity contribution in [3.05, 3.63) is 122 Å². The summed E-state index contributed by atoms with van der Waals surface area (Å²) in [6.07, 6.45) is 8.11. The third-order valence-corrected chi connectivity index (χ3v) is 13.3. The van der Waals surface area contributed by atoms with Gasteiger partial charge in [0.15, 0.2) is 0 Å². The molecule has 3 nitrogen and oxygen atoms in total. The van der Waals surface area contributed by atoms with Crippen LogP contribution in [-0.2, 0) is 20.5 Å². The molecular formula is C38H52O3Si. The highest BCUT2D eigenvalue weighted by atomic mass is 28.4. The van der Waals surface area contributed by atoms with E-state index in [9.17, 15) is 0 Å². The maximum absolute atomic E-state index is 7.20. The van der Waals surface area contributed by atoms with Crippen molar-refractivity contribution >= 4 is 18.7 Å². The summed E-state index contributed by atoms with van der Waals surface area (Å²) in [5, 5.41) is 2.62. The lowest BCUT2D eigenvalue weighted by Crippen LogP contribution is -2.66. The third kappa shape index (κ3) is 8.79. The molecule has 1 unspecified atom stereocenters. The summed E-state index contributed by atoms with van der Waals surface area (Å²) in [6.45, 7) is 20.6. The molecule has 0 saturated heterocycles. The summed E-state index contributed by atoms with van der Waals surface area (Å²) in [5.74, 6) is 0.400. The van der Waals surface area contributed by atoms with Crippen LogP contribution in [0.3, 0.4) is 0 Å². The Hall–Kier alpha value is -2.92. The van der Waals surface area contributed by atoms with E-state index in [1.165, 1.54) is 10.4 Å². The van der Waals surface area contributed by atoms with Crippen molar-refractivity contribution in [2.24, 2.45) is 5.92 Å². The molecule has 226 valence electrons. The fraction of sp³-hybridized carbons (Fsp3) is 0.421. The van der Waals surface area contributed by atoms with E-state index in [-0.39, 0.29) is 11.1 Å². The SMILES string of the molecule is C=CCC[C@@H](OCc1ccccc1)[C@](C)(CCCC(C)CO[Si](c1ccccc1)(c1ccccc1)C(C)(C)C)OC=C. The summed E-state index contributed by atoms with van der Waals surface area (Å²) in [7, 11) is -2.54. The van der Waals surface area contributed by atoms with Gasteiger partial charge in [-0.2, -0.15) is 0 Å². The first kappa shape index (κ1) is 33.6. The fourth-order valence-corrected chi connectivity index (χ4v) is 10.7. The number of benzene rings is 3. The Labute approximate surface area is 256 Å². The van der Waals surface area contributed by atoms with Gasteiger partial charge in [0, 0.05) is 6.61 Å². The molecule has 4 heteroatoms. The van der Waals surface area contributed by atoms with Crippen molar-refractivity contribution in [2.75, 3.05) is 6.61 Å². The zero-order chi connectivity index (χ0) is 30.5. The van der Waals surface area contributed by atoms with Crippen LogP contribution >= 0.6 is 0 Å². The molecule has 0 saturated carbocycles. The minimum Gasteiger partial charge on any atom is -0.493 e. The monoisotopic (exact) mass is 584 g/mol. The van der Waals surface area contributed by atoms with Crippen molar-refractivity contribution in [1.82, 2.24) is 0 Å². The predicted octanol–water partition coefficient (Wildman–Crippen LogP) is 8.84. The molecule has 42 heavy (non-hydrogen) atoms. The molecule has 0 aliphatic heterocycles. The second kappa shape index (κ2) is 16.1. The van der Waals surface area contributed by atoms with Gasteiger partial charge in [0.25, 0.3) is 8.32 Å². The van der Waals surface area contributed by atoms with E-state index in [0.717, 1.165) is 44.3 Å². The number of hydrogen-bond donors (Lipinski definition) is 0. The summed E-state index contributed by atoms with van der Waals surface area (Å²) in [4.78, 5) is 0. The standard InChI is InChI=1S/C38H52O3Si/c1-8-10-28-36(39-31-33-22-14-11-15-23-33)38(7,40-9-2)29-20-21-32(3)30-41-42(37(4,5)6,34-24-16-12-17-25-34)35-26-18-13-19-27-35/h8-9,11-19,22-27,32,36H,1-2,10,20-21,28-31H2,3-7H3/t32?,36-,38+/m1/s1. The lowest BCUT2D eigenvalue weighted by Gasteiger charge is -2.43. The third-order valence-electron chi connectivity index (χ3n) is 8.33. The first-order valence-electron chi connectivity index (χ1n) is 15.5. The van der Waals surface area contributed by atoms with Crippen molar-refractivity contribution < 1.29 is 13.9 Å². The normalized spacial score (nSPS) is 14.9. The molecule has 0 spiro atoms. The highest BCUT2D eigenvalue weighted by Gasteiger charge is 2.50. The van der Waals surface area contributed by atoms with Gasteiger partial charge in [0.1, 0.15) is 5.60 Å². The average Bonchev–Trinajstić information content (AvgIpc) is 2.98. The Balaban J connectivity index is 1.71. The molecule has 0 aliphatic carbocycles. The maximum atomic E-state index is 7.20. The Morgan fingerprint density at radius 1 is 0.786 bits per heavy atom. The predicted molar refractivity (Wildman–Crippen MR) is 181 cm³/mol. The average molecular weight is 585 g/mol. The molecule has 0 amide bonds. The van der Waals surface area contributed by atoms with Crippen LogP contribution in [0.1, 0.15) is 72.3 Å². The van der Waals surface area contributed by atoms with Gasteiger partial charge in [-0.25, -0.2) is 0 Å². The summed E-state index contributed by atoms with van der Waals surface area (Å²) < 4.78 is 19.9. The molecule has 0 radical (unpaired) electrons. The van der Waals surface area contributed by atoms with E-state index in [0.29, 0.717) is 12.5 Å². The van der Waals surface area contributed by atoms with Crippen molar-refractivity contribution in [3.63, 3.8) is 0 Å². The number of ether oxygens (including phenoxy) is 2. The van der Waals surface area contributed by atoms with Gasteiger partial charge in [0.05, 0.1) is 19.0 Å². The van der Waals surface area contributed by atoms with Gasteiger partial charge in [-0.05, 0) is 65.9 Å². The van der Waals surface area contributed by atoms with Gasteiger partial charge in [-0.1, -0.05) is 131 Å². The van der Waals surface area contributed by atoms with Crippen LogP contribution in [0.2, 0.25) is 5.04 Å². The molecular weight excluding hydrogens is 533 g/mol. The molecule has 0 N–H and O–H groups in total. The van der Waals surface area contributed by atoms with E-state index in [1.807, 2.05) is 24.3 Å². The summed E-state index contributed by atoms with van der Waals surface area (Å²) >= 11 is 0. The molecule has 3 atom stereocenters. The molecule has 3 aromatic rings. The van der Waals surface area contributed by atoms with Gasteiger partial charge < -0.3 is 13.9 Å². The largest absolute Gasteiger partial charge is 0.493 e. The molecule has 0 fully saturated rings. The Bertz CT molecular complexity index is 1150. The maximum Gasteiger partial charge on any atom is 0.261 e. The van der Waals surface area contributed by atoms with E-state index in [2.05, 4.69) is 121 Å². The van der Waals surface area contributed by atoms with Crippen molar-refractivity contribution in [1.29, 1.82) is 0 Å². The van der Waals surface area contributed by atoms with E-state index in [4.69, 9.17) is 13.9 Å². The van der Waals surface area contributed by atoms with Crippen molar-refractivity contribution in [3.8, 4) is 0 Å². The molecule has 3 rings (SSSR count). The summed E-state index contributed by atoms with van der Waals surface area (Å²) in [5.41, 5.74) is 0.689. The van der Waals surface area contributed by atoms with Crippen LogP contribution in [0.5, 0.6) is 0 Å². The summed E-state index contributed by atoms with van der Waals surface area (Å²) in [6, 6.07) is 32.1. The number of rotatable bonds is 18.